The van der Waals surface area contributed by atoms with Gasteiger partial charge in [0.1, 0.15) is 0 Å². The van der Waals surface area contributed by atoms with Crippen molar-refractivity contribution in [3.05, 3.63) is 10.2 Å². The summed E-state index contributed by atoms with van der Waals surface area (Å²) in [6.45, 7) is 10.9. The van der Waals surface area contributed by atoms with E-state index in [2.05, 4.69) is 61.2 Å². The van der Waals surface area contributed by atoms with Gasteiger partial charge in [-0.2, -0.15) is 0 Å². The Labute approximate surface area is 119 Å². The summed E-state index contributed by atoms with van der Waals surface area (Å²) in [5.41, 5.74) is 0. The van der Waals surface area contributed by atoms with Crippen LogP contribution in [-0.4, -0.2) is 27.5 Å². The molecular formula is C12H23IO3Si. The van der Waals surface area contributed by atoms with Gasteiger partial charge in [0.05, 0.1) is 19.6 Å². The first-order chi connectivity index (χ1) is 7.64. The van der Waals surface area contributed by atoms with Crippen LogP contribution in [0.5, 0.6) is 0 Å². The molecule has 0 radical (unpaired) electrons. The van der Waals surface area contributed by atoms with Gasteiger partial charge >= 0.3 is 5.97 Å². The molecule has 0 aromatic carbocycles. The molecule has 0 aliphatic rings. The molecule has 0 unspecified atom stereocenters. The molecule has 0 aromatic heterocycles. The van der Waals surface area contributed by atoms with Crippen LogP contribution >= 0.6 is 22.6 Å². The molecule has 0 saturated heterocycles. The van der Waals surface area contributed by atoms with Gasteiger partial charge in [0.15, 0.2) is 8.32 Å². The number of halogens is 1. The Bertz CT molecular complexity index is 282. The molecule has 100 valence electrons. The van der Waals surface area contributed by atoms with Gasteiger partial charge in [-0.3, -0.25) is 4.79 Å². The average Bonchev–Trinajstić information content (AvgIpc) is 2.15. The Morgan fingerprint density at radius 2 is 1.94 bits per heavy atom. The number of carbonyl (C=O) groups is 1. The molecule has 5 heteroatoms. The van der Waals surface area contributed by atoms with Gasteiger partial charge in [-0.05, 0) is 22.2 Å². The molecule has 0 aliphatic heterocycles. The third-order valence-corrected chi connectivity index (χ3v) is 8.05. The molecule has 0 aromatic rings. The van der Waals surface area contributed by atoms with Crippen LogP contribution in [0, 0.1) is 0 Å². The van der Waals surface area contributed by atoms with Gasteiger partial charge in [-0.15, -0.1) is 0 Å². The normalized spacial score (nSPS) is 15.0. The summed E-state index contributed by atoms with van der Waals surface area (Å²) in [4.78, 5) is 11.3. The van der Waals surface area contributed by atoms with E-state index in [0.29, 0.717) is 0 Å². The quantitative estimate of drug-likeness (QED) is 0.419. The van der Waals surface area contributed by atoms with Gasteiger partial charge in [-0.1, -0.05) is 49.4 Å². The molecule has 0 spiro atoms. The predicted molar refractivity (Wildman–Crippen MR) is 81.9 cm³/mol. The van der Waals surface area contributed by atoms with Crippen molar-refractivity contribution in [1.82, 2.24) is 0 Å². The van der Waals surface area contributed by atoms with E-state index < -0.39 is 8.32 Å². The lowest BCUT2D eigenvalue weighted by Crippen LogP contribution is -2.44. The van der Waals surface area contributed by atoms with Crippen LogP contribution in [0.4, 0.5) is 0 Å². The minimum atomic E-state index is -1.85. The van der Waals surface area contributed by atoms with Crippen molar-refractivity contribution in [2.75, 3.05) is 7.11 Å². The Morgan fingerprint density at radius 1 is 1.41 bits per heavy atom. The zero-order valence-corrected chi connectivity index (χ0v) is 14.7. The summed E-state index contributed by atoms with van der Waals surface area (Å²) in [6.07, 6.45) is 2.01. The van der Waals surface area contributed by atoms with E-state index in [-0.39, 0.29) is 23.5 Å². The second kappa shape index (κ2) is 6.89. The Hall–Kier alpha value is 0.117. The Morgan fingerprint density at radius 3 is 2.29 bits per heavy atom. The summed E-state index contributed by atoms with van der Waals surface area (Å²) in [5.74, 6) is -0.233. The minimum absolute atomic E-state index is 0.139. The molecule has 0 saturated carbocycles. The number of hydrogen-bond acceptors (Lipinski definition) is 3. The van der Waals surface area contributed by atoms with Crippen LogP contribution < -0.4 is 0 Å². The van der Waals surface area contributed by atoms with E-state index in [1.165, 1.54) is 7.11 Å². The highest BCUT2D eigenvalue weighted by Gasteiger charge is 2.39. The number of rotatable bonds is 5. The smallest absolute Gasteiger partial charge is 0.308 e. The monoisotopic (exact) mass is 370 g/mol. The second-order valence-electron chi connectivity index (χ2n) is 5.52. The van der Waals surface area contributed by atoms with E-state index in [1.54, 1.807) is 0 Å². The highest BCUT2D eigenvalue weighted by Crippen LogP contribution is 2.37. The molecule has 0 bridgehead atoms. The molecular weight excluding hydrogens is 347 g/mol. The summed E-state index contributed by atoms with van der Waals surface area (Å²) < 4.78 is 12.7. The van der Waals surface area contributed by atoms with Crippen LogP contribution in [-0.2, 0) is 14.0 Å². The fourth-order valence-electron chi connectivity index (χ4n) is 1.03. The Kier molecular flexibility index (Phi) is 6.94. The van der Waals surface area contributed by atoms with E-state index in [1.807, 2.05) is 10.2 Å². The Balaban J connectivity index is 4.71. The minimum Gasteiger partial charge on any atom is -0.469 e. The summed E-state index contributed by atoms with van der Waals surface area (Å²) >= 11 is 2.14. The standard InChI is InChI=1S/C12H23IO3Si/c1-12(2,3)17(5,6)16-10(7-8-13)9-11(14)15-4/h7-8,10H,9H2,1-6H3/b8-7-/t10-/m0/s1. The van der Waals surface area contributed by atoms with Crippen molar-refractivity contribution < 1.29 is 14.0 Å². The molecule has 3 nitrogen and oxygen atoms in total. The lowest BCUT2D eigenvalue weighted by Gasteiger charge is -2.38. The molecule has 0 fully saturated rings. The van der Waals surface area contributed by atoms with Crippen LogP contribution in [0.3, 0.4) is 0 Å². The van der Waals surface area contributed by atoms with E-state index in [9.17, 15) is 4.79 Å². The highest BCUT2D eigenvalue weighted by atomic mass is 127. The molecule has 0 amide bonds. The number of carbonyl (C=O) groups excluding carboxylic acids is 1. The molecule has 0 aliphatic carbocycles. The topological polar surface area (TPSA) is 35.5 Å². The molecule has 1 atom stereocenters. The fourth-order valence-corrected chi connectivity index (χ4v) is 2.77. The number of ether oxygens (including phenoxy) is 1. The second-order valence-corrected chi connectivity index (χ2v) is 11.0. The van der Waals surface area contributed by atoms with Crippen molar-refractivity contribution in [3.8, 4) is 0 Å². The van der Waals surface area contributed by atoms with Crippen LogP contribution in [0.15, 0.2) is 10.2 Å². The van der Waals surface area contributed by atoms with Crippen LogP contribution in [0.25, 0.3) is 0 Å². The highest BCUT2D eigenvalue weighted by molar-refractivity contribution is 14.1. The SMILES string of the molecule is COC(=O)C[C@H](/C=C\I)O[Si](C)(C)C(C)(C)C. The van der Waals surface area contributed by atoms with E-state index >= 15 is 0 Å². The van der Waals surface area contributed by atoms with Crippen molar-refractivity contribution in [3.63, 3.8) is 0 Å². The van der Waals surface area contributed by atoms with Gasteiger partial charge < -0.3 is 9.16 Å². The van der Waals surface area contributed by atoms with Crippen LogP contribution in [0.1, 0.15) is 27.2 Å². The fraction of sp³-hybridized carbons (Fsp3) is 0.750. The largest absolute Gasteiger partial charge is 0.469 e. The first-order valence-electron chi connectivity index (χ1n) is 5.65. The number of esters is 1. The van der Waals surface area contributed by atoms with Crippen LogP contribution in [0.2, 0.25) is 18.1 Å². The summed E-state index contributed by atoms with van der Waals surface area (Å²) in [7, 11) is -0.445. The molecule has 17 heavy (non-hydrogen) atoms. The maximum absolute atomic E-state index is 11.3. The number of methoxy groups -OCH3 is 1. The first-order valence-corrected chi connectivity index (χ1v) is 9.81. The molecule has 0 rings (SSSR count). The van der Waals surface area contributed by atoms with Crippen molar-refractivity contribution in [1.29, 1.82) is 0 Å². The van der Waals surface area contributed by atoms with Gasteiger partial charge in [-0.25, -0.2) is 0 Å². The van der Waals surface area contributed by atoms with Gasteiger partial charge in [0.25, 0.3) is 0 Å². The maximum atomic E-state index is 11.3. The van der Waals surface area contributed by atoms with Gasteiger partial charge in [0, 0.05) is 0 Å². The van der Waals surface area contributed by atoms with E-state index in [0.717, 1.165) is 0 Å². The lowest BCUT2D eigenvalue weighted by atomic mass is 10.2. The van der Waals surface area contributed by atoms with Crippen molar-refractivity contribution in [2.45, 2.75) is 51.4 Å². The van der Waals surface area contributed by atoms with Gasteiger partial charge in [0.2, 0.25) is 0 Å². The lowest BCUT2D eigenvalue weighted by molar-refractivity contribution is -0.142. The molecule has 0 heterocycles. The summed E-state index contributed by atoms with van der Waals surface area (Å²) in [6, 6.07) is 0. The van der Waals surface area contributed by atoms with E-state index in [4.69, 9.17) is 4.43 Å². The predicted octanol–water partition coefficient (Wildman–Crippen LogP) is 3.89. The zero-order valence-electron chi connectivity index (χ0n) is 11.5. The summed E-state index contributed by atoms with van der Waals surface area (Å²) in [5, 5.41) is 0.139. The third kappa shape index (κ3) is 6.01. The third-order valence-electron chi connectivity index (χ3n) is 3.14. The van der Waals surface area contributed by atoms with Crippen molar-refractivity contribution in [2.24, 2.45) is 0 Å². The average molecular weight is 370 g/mol. The first kappa shape index (κ1) is 17.1. The molecule has 0 N–H and O–H groups in total. The maximum Gasteiger partial charge on any atom is 0.308 e. The number of hydrogen-bond donors (Lipinski definition) is 0. The van der Waals surface area contributed by atoms with Crippen molar-refractivity contribution >= 4 is 36.9 Å². The zero-order chi connectivity index (χ0) is 13.7.